The molecule has 11 heteroatoms. The Bertz CT molecular complexity index is 1000. The predicted molar refractivity (Wildman–Crippen MR) is 129 cm³/mol. The first-order valence-corrected chi connectivity index (χ1v) is 14.9. The number of carboxylic acid groups (broad SMARTS) is 1. The van der Waals surface area contributed by atoms with E-state index < -0.39 is 19.6 Å². The van der Waals surface area contributed by atoms with E-state index in [2.05, 4.69) is 29.6 Å². The van der Waals surface area contributed by atoms with E-state index in [0.29, 0.717) is 49.8 Å². The number of carboxylic acids is 1. The molecule has 0 aromatic carbocycles. The molecule has 0 bridgehead atoms. The zero-order valence-electron chi connectivity index (χ0n) is 20.4. The van der Waals surface area contributed by atoms with Gasteiger partial charge in [-0.15, -0.1) is 0 Å². The third kappa shape index (κ3) is 6.67. The number of carbonyl (C=O) groups is 2. The molecule has 10 nitrogen and oxygen atoms in total. The molecule has 0 atom stereocenters. The zero-order valence-corrected chi connectivity index (χ0v) is 21.4. The lowest BCUT2D eigenvalue weighted by atomic mass is 10.2. The Hall–Kier alpha value is -2.66. The van der Waals surface area contributed by atoms with E-state index in [1.165, 1.54) is 6.20 Å². The second-order valence-electron chi connectivity index (χ2n) is 10.5. The molecule has 1 fully saturated rings. The van der Waals surface area contributed by atoms with Crippen molar-refractivity contribution in [2.24, 2.45) is 0 Å². The molecule has 3 rings (SSSR count). The third-order valence-corrected chi connectivity index (χ3v) is 6.97. The molecule has 182 valence electrons. The van der Waals surface area contributed by atoms with Crippen molar-refractivity contribution in [1.82, 2.24) is 19.4 Å². The highest BCUT2D eigenvalue weighted by atomic mass is 28.3. The van der Waals surface area contributed by atoms with Gasteiger partial charge in [0.15, 0.2) is 5.65 Å². The number of nitrogens with zero attached hydrogens (tertiary/aromatic N) is 5. The van der Waals surface area contributed by atoms with Crippen molar-refractivity contribution in [2.45, 2.75) is 58.8 Å². The van der Waals surface area contributed by atoms with Gasteiger partial charge in [-0.3, -0.25) is 0 Å². The number of amides is 1. The maximum Gasteiger partial charge on any atom is 0.410 e. The minimum atomic E-state index is -1.21. The van der Waals surface area contributed by atoms with Crippen LogP contribution in [0.15, 0.2) is 12.4 Å². The maximum atomic E-state index is 12.3. The second kappa shape index (κ2) is 9.68. The molecule has 0 spiro atoms. The lowest BCUT2D eigenvalue weighted by Crippen LogP contribution is -2.50. The van der Waals surface area contributed by atoms with E-state index in [4.69, 9.17) is 9.47 Å². The summed E-state index contributed by atoms with van der Waals surface area (Å²) in [5.74, 6) is -0.465. The van der Waals surface area contributed by atoms with Crippen LogP contribution in [0.2, 0.25) is 25.7 Å². The molecule has 1 aliphatic rings. The van der Waals surface area contributed by atoms with E-state index in [-0.39, 0.29) is 18.4 Å². The molecule has 1 saturated heterocycles. The third-order valence-electron chi connectivity index (χ3n) is 5.27. The van der Waals surface area contributed by atoms with Crippen molar-refractivity contribution in [1.29, 1.82) is 0 Å². The fourth-order valence-corrected chi connectivity index (χ4v) is 4.19. The zero-order chi connectivity index (χ0) is 24.4. The molecule has 0 unspecified atom stereocenters. The van der Waals surface area contributed by atoms with Crippen LogP contribution in [0.1, 0.15) is 31.1 Å². The van der Waals surface area contributed by atoms with Gasteiger partial charge in [-0.05, 0) is 26.8 Å². The lowest BCUT2D eigenvalue weighted by Gasteiger charge is -2.36. The Kier molecular flexibility index (Phi) is 7.32. The first-order chi connectivity index (χ1) is 15.3. The number of aromatic carboxylic acids is 1. The van der Waals surface area contributed by atoms with Gasteiger partial charge in [0, 0.05) is 47.1 Å². The molecule has 33 heavy (non-hydrogen) atoms. The first kappa shape index (κ1) is 25.0. The molecule has 0 aliphatic carbocycles. The summed E-state index contributed by atoms with van der Waals surface area (Å²) in [4.78, 5) is 36.9. The highest BCUT2D eigenvalue weighted by Crippen LogP contribution is 2.23. The summed E-state index contributed by atoms with van der Waals surface area (Å²) < 4.78 is 12.9. The summed E-state index contributed by atoms with van der Waals surface area (Å²) in [5, 5.41) is 9.68. The van der Waals surface area contributed by atoms with Crippen molar-refractivity contribution in [3.8, 4) is 0 Å². The Morgan fingerprint density at radius 2 is 1.82 bits per heavy atom. The van der Waals surface area contributed by atoms with Gasteiger partial charge in [-0.2, -0.15) is 0 Å². The minimum absolute atomic E-state index is 0.0977. The van der Waals surface area contributed by atoms with Gasteiger partial charge in [0.1, 0.15) is 29.2 Å². The number of ether oxygens (including phenoxy) is 2. The average molecular weight is 478 g/mol. The van der Waals surface area contributed by atoms with Gasteiger partial charge in [-0.25, -0.2) is 19.6 Å². The number of rotatable bonds is 7. The van der Waals surface area contributed by atoms with Gasteiger partial charge in [0.05, 0.1) is 6.20 Å². The van der Waals surface area contributed by atoms with Gasteiger partial charge in [0.25, 0.3) is 0 Å². The van der Waals surface area contributed by atoms with E-state index in [1.54, 1.807) is 15.7 Å². The molecule has 2 aromatic rings. The van der Waals surface area contributed by atoms with Crippen LogP contribution in [-0.4, -0.2) is 83.1 Å². The minimum Gasteiger partial charge on any atom is -0.478 e. The molecule has 0 saturated carbocycles. The first-order valence-electron chi connectivity index (χ1n) is 11.2. The summed E-state index contributed by atoms with van der Waals surface area (Å²) in [6.07, 6.45) is 2.85. The van der Waals surface area contributed by atoms with Crippen LogP contribution in [-0.2, 0) is 16.2 Å². The summed E-state index contributed by atoms with van der Waals surface area (Å²) in [6.45, 7) is 15.3. The van der Waals surface area contributed by atoms with Gasteiger partial charge >= 0.3 is 12.1 Å². The highest BCUT2D eigenvalue weighted by Gasteiger charge is 2.27. The van der Waals surface area contributed by atoms with Crippen LogP contribution in [0.5, 0.6) is 0 Å². The number of hydrogen-bond acceptors (Lipinski definition) is 7. The van der Waals surface area contributed by atoms with Crippen LogP contribution in [0.4, 0.5) is 10.6 Å². The van der Waals surface area contributed by atoms with Crippen molar-refractivity contribution in [3.63, 3.8) is 0 Å². The molecule has 1 aliphatic heterocycles. The van der Waals surface area contributed by atoms with Crippen molar-refractivity contribution >= 4 is 37.1 Å². The van der Waals surface area contributed by atoms with Gasteiger partial charge in [0.2, 0.25) is 0 Å². The number of fused-ring (bicyclic) bond motifs is 1. The summed E-state index contributed by atoms with van der Waals surface area (Å²) in [7, 11) is -1.21. The quantitative estimate of drug-likeness (QED) is 0.477. The number of aromatic nitrogens is 3. The fraction of sp³-hybridized carbons (Fsp3) is 0.636. The molecule has 3 heterocycles. The van der Waals surface area contributed by atoms with E-state index in [0.717, 1.165) is 6.04 Å². The highest BCUT2D eigenvalue weighted by molar-refractivity contribution is 6.76. The standard InChI is InChI=1S/C22H35N5O5Si/c1-22(2,3)32-21(30)26-9-7-25(8-10-26)17-13-23-19-18(24-17)16(20(28)29)14-27(19)15-31-11-12-33(4,5)6/h13-14H,7-12,15H2,1-6H3,(H,28,29). The second-order valence-corrected chi connectivity index (χ2v) is 16.1. The molecular weight excluding hydrogens is 442 g/mol. The van der Waals surface area contributed by atoms with Crippen molar-refractivity contribution in [3.05, 3.63) is 18.0 Å². The topological polar surface area (TPSA) is 110 Å². The normalized spacial score (nSPS) is 15.2. The number of carbonyl (C=O) groups excluding carboxylic acids is 1. The smallest absolute Gasteiger partial charge is 0.410 e. The van der Waals surface area contributed by atoms with E-state index in [9.17, 15) is 14.7 Å². The summed E-state index contributed by atoms with van der Waals surface area (Å²) in [6, 6.07) is 1.03. The Balaban J connectivity index is 1.71. The molecule has 2 aromatic heterocycles. The van der Waals surface area contributed by atoms with E-state index >= 15 is 0 Å². The number of anilines is 1. The fourth-order valence-electron chi connectivity index (χ4n) is 3.44. The molecule has 1 N–H and O–H groups in total. The number of piperazine rings is 1. The van der Waals surface area contributed by atoms with Gasteiger partial charge in [-0.1, -0.05) is 19.6 Å². The van der Waals surface area contributed by atoms with Gasteiger partial charge < -0.3 is 28.9 Å². The van der Waals surface area contributed by atoms with Crippen molar-refractivity contribution in [2.75, 3.05) is 37.7 Å². The average Bonchev–Trinajstić information content (AvgIpc) is 3.07. The van der Waals surface area contributed by atoms with Crippen LogP contribution in [0, 0.1) is 0 Å². The SMILES string of the molecule is CC(C)(C)OC(=O)N1CCN(c2cnc3c(n2)c(C(=O)O)cn3COCC[Si](C)(C)C)CC1. The largest absolute Gasteiger partial charge is 0.478 e. The van der Waals surface area contributed by atoms with Crippen LogP contribution >= 0.6 is 0 Å². The maximum absolute atomic E-state index is 12.3. The summed E-state index contributed by atoms with van der Waals surface area (Å²) >= 11 is 0. The molecule has 0 radical (unpaired) electrons. The number of hydrogen-bond donors (Lipinski definition) is 1. The Labute approximate surface area is 195 Å². The Morgan fingerprint density at radius 1 is 1.15 bits per heavy atom. The predicted octanol–water partition coefficient (Wildman–Crippen LogP) is 3.50. The molecule has 1 amide bonds. The molecular formula is C22H35N5O5Si. The van der Waals surface area contributed by atoms with Crippen molar-refractivity contribution < 1.29 is 24.2 Å². The van der Waals surface area contributed by atoms with Crippen LogP contribution < -0.4 is 4.90 Å². The van der Waals surface area contributed by atoms with Crippen LogP contribution in [0.25, 0.3) is 11.2 Å². The van der Waals surface area contributed by atoms with E-state index in [1.807, 2.05) is 25.7 Å². The Morgan fingerprint density at radius 3 is 2.39 bits per heavy atom. The lowest BCUT2D eigenvalue weighted by molar-refractivity contribution is 0.0240. The summed E-state index contributed by atoms with van der Waals surface area (Å²) in [5.41, 5.74) is 0.379. The van der Waals surface area contributed by atoms with Crippen LogP contribution in [0.3, 0.4) is 0 Å². The monoisotopic (exact) mass is 477 g/mol.